The summed E-state index contributed by atoms with van der Waals surface area (Å²) in [4.78, 5) is 4.87. The molecule has 1 aliphatic rings. The number of nitrogens with one attached hydrogen (secondary N) is 1. The van der Waals surface area contributed by atoms with Gasteiger partial charge in [-0.05, 0) is 53.2 Å². The molecule has 1 aliphatic heterocycles. The summed E-state index contributed by atoms with van der Waals surface area (Å²) in [5, 5.41) is 12.3. The van der Waals surface area contributed by atoms with Gasteiger partial charge < -0.3 is 9.80 Å². The summed E-state index contributed by atoms with van der Waals surface area (Å²) in [7, 11) is 2.15. The van der Waals surface area contributed by atoms with Gasteiger partial charge in [0.2, 0.25) is 0 Å². The van der Waals surface area contributed by atoms with Crippen molar-refractivity contribution < 1.29 is 0 Å². The topological polar surface area (TPSA) is 42.3 Å². The molecule has 0 aromatic heterocycles. The van der Waals surface area contributed by atoms with Gasteiger partial charge in [0.15, 0.2) is 0 Å². The van der Waals surface area contributed by atoms with Gasteiger partial charge in [0.25, 0.3) is 0 Å². The van der Waals surface area contributed by atoms with E-state index < -0.39 is 0 Å². The molecule has 1 fully saturated rings. The van der Waals surface area contributed by atoms with E-state index in [1.165, 1.54) is 32.5 Å². The summed E-state index contributed by atoms with van der Waals surface area (Å²) < 4.78 is 0. The van der Waals surface area contributed by atoms with Crippen molar-refractivity contribution in [1.29, 1.82) is 5.26 Å². The Kier molecular flexibility index (Phi) is 7.26. The number of nitriles is 1. The SMILES string of the molecule is CC(C)NC(C#N)CCN(C)CCN1CCCC1. The smallest absolute Gasteiger partial charge is 0.0967 e. The molecule has 104 valence electrons. The zero-order valence-electron chi connectivity index (χ0n) is 12.2. The van der Waals surface area contributed by atoms with E-state index in [9.17, 15) is 0 Å². The molecule has 1 heterocycles. The fraction of sp³-hybridized carbons (Fsp3) is 0.929. The Hall–Kier alpha value is -0.630. The monoisotopic (exact) mass is 252 g/mol. The molecule has 1 N–H and O–H groups in total. The van der Waals surface area contributed by atoms with Crippen LogP contribution in [0.25, 0.3) is 0 Å². The molecule has 0 radical (unpaired) electrons. The first-order valence-corrected chi connectivity index (χ1v) is 7.18. The van der Waals surface area contributed by atoms with Crippen LogP contribution in [-0.2, 0) is 0 Å². The van der Waals surface area contributed by atoms with Crippen molar-refractivity contribution in [2.75, 3.05) is 39.8 Å². The predicted molar refractivity (Wildman–Crippen MR) is 75.5 cm³/mol. The standard InChI is InChI=1S/C14H28N4/c1-13(2)16-14(12-15)6-9-17(3)10-11-18-7-4-5-8-18/h13-14,16H,4-11H2,1-3H3. The van der Waals surface area contributed by atoms with Crippen LogP contribution in [0.1, 0.15) is 33.1 Å². The first-order chi connectivity index (χ1) is 8.61. The number of likely N-dealkylation sites (tertiary alicyclic amines) is 1. The van der Waals surface area contributed by atoms with E-state index in [0.717, 1.165) is 19.5 Å². The third-order valence-corrected chi connectivity index (χ3v) is 3.49. The van der Waals surface area contributed by atoms with Crippen LogP contribution in [-0.4, -0.2) is 61.7 Å². The highest BCUT2D eigenvalue weighted by molar-refractivity contribution is 4.91. The Labute approximate surface area is 112 Å². The molecular formula is C14H28N4. The highest BCUT2D eigenvalue weighted by Crippen LogP contribution is 2.06. The molecule has 0 aromatic rings. The summed E-state index contributed by atoms with van der Waals surface area (Å²) in [5.41, 5.74) is 0. The lowest BCUT2D eigenvalue weighted by Crippen LogP contribution is -2.38. The Morgan fingerprint density at radius 1 is 1.28 bits per heavy atom. The van der Waals surface area contributed by atoms with E-state index in [2.05, 4.69) is 42.1 Å². The zero-order chi connectivity index (χ0) is 13.4. The number of nitrogens with zero attached hydrogens (tertiary/aromatic N) is 3. The van der Waals surface area contributed by atoms with E-state index in [0.29, 0.717) is 6.04 Å². The highest BCUT2D eigenvalue weighted by atomic mass is 15.2. The minimum Gasteiger partial charge on any atom is -0.305 e. The molecule has 1 unspecified atom stereocenters. The fourth-order valence-corrected chi connectivity index (χ4v) is 2.37. The molecule has 1 rings (SSSR count). The maximum atomic E-state index is 9.05. The summed E-state index contributed by atoms with van der Waals surface area (Å²) in [6, 6.07) is 2.70. The van der Waals surface area contributed by atoms with E-state index in [-0.39, 0.29) is 6.04 Å². The summed E-state index contributed by atoms with van der Waals surface area (Å²) >= 11 is 0. The van der Waals surface area contributed by atoms with Gasteiger partial charge in [-0.15, -0.1) is 0 Å². The Bertz CT molecular complexity index is 253. The molecule has 1 saturated heterocycles. The van der Waals surface area contributed by atoms with Crippen LogP contribution < -0.4 is 5.32 Å². The average Bonchev–Trinajstić information content (AvgIpc) is 2.84. The second kappa shape index (κ2) is 8.47. The molecule has 0 amide bonds. The molecule has 4 nitrogen and oxygen atoms in total. The van der Waals surface area contributed by atoms with Crippen molar-refractivity contribution in [2.45, 2.75) is 45.2 Å². The summed E-state index contributed by atoms with van der Waals surface area (Å²) in [6.45, 7) is 9.98. The summed E-state index contributed by atoms with van der Waals surface area (Å²) in [6.07, 6.45) is 3.63. The third-order valence-electron chi connectivity index (χ3n) is 3.49. The highest BCUT2D eigenvalue weighted by Gasteiger charge is 2.13. The first kappa shape index (κ1) is 15.4. The molecule has 0 aliphatic carbocycles. The molecule has 0 saturated carbocycles. The van der Waals surface area contributed by atoms with Crippen LogP contribution >= 0.6 is 0 Å². The number of hydrogen-bond donors (Lipinski definition) is 1. The lowest BCUT2D eigenvalue weighted by Gasteiger charge is -2.22. The Morgan fingerprint density at radius 3 is 2.50 bits per heavy atom. The van der Waals surface area contributed by atoms with Crippen LogP contribution in [0.5, 0.6) is 0 Å². The largest absolute Gasteiger partial charge is 0.305 e. The van der Waals surface area contributed by atoms with Gasteiger partial charge in [0.05, 0.1) is 12.1 Å². The van der Waals surface area contributed by atoms with Crippen molar-refractivity contribution in [3.8, 4) is 6.07 Å². The lowest BCUT2D eigenvalue weighted by molar-refractivity contribution is 0.250. The van der Waals surface area contributed by atoms with Crippen LogP contribution in [0.15, 0.2) is 0 Å². The minimum atomic E-state index is -0.0146. The second-order valence-corrected chi connectivity index (χ2v) is 5.64. The normalized spacial score (nSPS) is 18.4. The van der Waals surface area contributed by atoms with Gasteiger partial charge in [0, 0.05) is 25.7 Å². The maximum absolute atomic E-state index is 9.05. The Morgan fingerprint density at radius 2 is 1.94 bits per heavy atom. The molecule has 0 bridgehead atoms. The minimum absolute atomic E-state index is 0.0146. The number of likely N-dealkylation sites (N-methyl/N-ethyl adjacent to an activating group) is 1. The Balaban J connectivity index is 2.11. The molecular weight excluding hydrogens is 224 g/mol. The van der Waals surface area contributed by atoms with Crippen LogP contribution in [0, 0.1) is 11.3 Å². The third kappa shape index (κ3) is 6.34. The molecule has 18 heavy (non-hydrogen) atoms. The van der Waals surface area contributed by atoms with E-state index in [1.807, 2.05) is 0 Å². The van der Waals surface area contributed by atoms with E-state index in [4.69, 9.17) is 5.26 Å². The zero-order valence-corrected chi connectivity index (χ0v) is 12.2. The van der Waals surface area contributed by atoms with Crippen LogP contribution in [0.3, 0.4) is 0 Å². The van der Waals surface area contributed by atoms with Gasteiger partial charge in [0.1, 0.15) is 0 Å². The average molecular weight is 252 g/mol. The van der Waals surface area contributed by atoms with Gasteiger partial charge in [-0.25, -0.2) is 0 Å². The first-order valence-electron chi connectivity index (χ1n) is 7.18. The van der Waals surface area contributed by atoms with Crippen molar-refractivity contribution >= 4 is 0 Å². The number of rotatable bonds is 8. The fourth-order valence-electron chi connectivity index (χ4n) is 2.37. The predicted octanol–water partition coefficient (Wildman–Crippen LogP) is 1.29. The lowest BCUT2D eigenvalue weighted by atomic mass is 10.2. The summed E-state index contributed by atoms with van der Waals surface area (Å²) in [5.74, 6) is 0. The molecule has 1 atom stereocenters. The van der Waals surface area contributed by atoms with Crippen molar-refractivity contribution in [3.05, 3.63) is 0 Å². The van der Waals surface area contributed by atoms with Gasteiger partial charge in [-0.2, -0.15) is 5.26 Å². The molecule has 4 heteroatoms. The molecule has 0 spiro atoms. The van der Waals surface area contributed by atoms with Crippen LogP contribution in [0.4, 0.5) is 0 Å². The van der Waals surface area contributed by atoms with Crippen molar-refractivity contribution in [2.24, 2.45) is 0 Å². The molecule has 0 aromatic carbocycles. The number of hydrogen-bond acceptors (Lipinski definition) is 4. The second-order valence-electron chi connectivity index (χ2n) is 5.64. The van der Waals surface area contributed by atoms with Gasteiger partial charge in [-0.3, -0.25) is 5.32 Å². The van der Waals surface area contributed by atoms with E-state index >= 15 is 0 Å². The van der Waals surface area contributed by atoms with E-state index in [1.54, 1.807) is 0 Å². The quantitative estimate of drug-likeness (QED) is 0.707. The van der Waals surface area contributed by atoms with Gasteiger partial charge >= 0.3 is 0 Å². The van der Waals surface area contributed by atoms with Crippen molar-refractivity contribution in [3.63, 3.8) is 0 Å². The van der Waals surface area contributed by atoms with Crippen molar-refractivity contribution in [1.82, 2.24) is 15.1 Å². The van der Waals surface area contributed by atoms with Gasteiger partial charge in [-0.1, -0.05) is 0 Å². The maximum Gasteiger partial charge on any atom is 0.0967 e. The van der Waals surface area contributed by atoms with Crippen LogP contribution in [0.2, 0.25) is 0 Å².